The van der Waals surface area contributed by atoms with Crippen molar-refractivity contribution >= 4 is 21.8 Å². The van der Waals surface area contributed by atoms with Gasteiger partial charge in [-0.3, -0.25) is 4.79 Å². The molecule has 0 saturated carbocycles. The van der Waals surface area contributed by atoms with E-state index in [0.717, 1.165) is 11.6 Å². The monoisotopic (exact) mass is 351 g/mol. The van der Waals surface area contributed by atoms with Crippen LogP contribution in [0, 0.1) is 5.82 Å². The van der Waals surface area contributed by atoms with Gasteiger partial charge in [-0.25, -0.2) is 4.39 Å². The number of carbonyl (C=O) groups is 1. The van der Waals surface area contributed by atoms with Crippen LogP contribution in [0.3, 0.4) is 0 Å². The SMILES string of the molecule is O=C(c1ccc(F)cc1O)N(CCBr)Cc1ccccc1. The molecule has 21 heavy (non-hydrogen) atoms. The highest BCUT2D eigenvalue weighted by molar-refractivity contribution is 9.09. The zero-order valence-corrected chi connectivity index (χ0v) is 12.9. The summed E-state index contributed by atoms with van der Waals surface area (Å²) in [6, 6.07) is 13.0. The number of halogens is 2. The van der Waals surface area contributed by atoms with Gasteiger partial charge in [0.25, 0.3) is 5.91 Å². The Hall–Kier alpha value is -1.88. The van der Waals surface area contributed by atoms with Gasteiger partial charge in [0.2, 0.25) is 0 Å². The van der Waals surface area contributed by atoms with Gasteiger partial charge in [-0.1, -0.05) is 46.3 Å². The number of amides is 1. The van der Waals surface area contributed by atoms with Crippen LogP contribution in [-0.2, 0) is 6.54 Å². The maximum atomic E-state index is 13.0. The first-order chi connectivity index (χ1) is 10.1. The summed E-state index contributed by atoms with van der Waals surface area (Å²) < 4.78 is 13.0. The van der Waals surface area contributed by atoms with E-state index >= 15 is 0 Å². The van der Waals surface area contributed by atoms with Gasteiger partial charge in [-0.15, -0.1) is 0 Å². The Balaban J connectivity index is 2.23. The Morgan fingerprint density at radius 2 is 1.90 bits per heavy atom. The Bertz CT molecular complexity index is 619. The van der Waals surface area contributed by atoms with E-state index in [9.17, 15) is 14.3 Å². The topological polar surface area (TPSA) is 40.5 Å². The van der Waals surface area contributed by atoms with Gasteiger partial charge >= 0.3 is 0 Å². The molecule has 0 aromatic heterocycles. The minimum atomic E-state index is -0.570. The number of aromatic hydroxyl groups is 1. The van der Waals surface area contributed by atoms with Crippen LogP contribution >= 0.6 is 15.9 Å². The number of benzene rings is 2. The quantitative estimate of drug-likeness (QED) is 0.836. The molecule has 110 valence electrons. The van der Waals surface area contributed by atoms with Crippen LogP contribution in [0.1, 0.15) is 15.9 Å². The average Bonchev–Trinajstić information content (AvgIpc) is 2.47. The number of phenols is 1. The molecular formula is C16H15BrFNO2. The van der Waals surface area contributed by atoms with E-state index < -0.39 is 5.82 Å². The van der Waals surface area contributed by atoms with Gasteiger partial charge in [-0.05, 0) is 17.7 Å². The number of nitrogens with zero attached hydrogens (tertiary/aromatic N) is 1. The van der Waals surface area contributed by atoms with E-state index in [-0.39, 0.29) is 17.2 Å². The zero-order chi connectivity index (χ0) is 15.2. The van der Waals surface area contributed by atoms with Crippen LogP contribution in [0.5, 0.6) is 5.75 Å². The first kappa shape index (κ1) is 15.5. The van der Waals surface area contributed by atoms with E-state index in [1.807, 2.05) is 30.3 Å². The van der Waals surface area contributed by atoms with Gasteiger partial charge in [0, 0.05) is 24.5 Å². The number of hydrogen-bond donors (Lipinski definition) is 1. The summed E-state index contributed by atoms with van der Waals surface area (Å²) in [6.45, 7) is 0.923. The lowest BCUT2D eigenvalue weighted by molar-refractivity contribution is 0.0751. The molecule has 0 heterocycles. The van der Waals surface area contributed by atoms with Gasteiger partial charge in [0.1, 0.15) is 11.6 Å². The lowest BCUT2D eigenvalue weighted by Gasteiger charge is -2.22. The molecule has 1 amide bonds. The Morgan fingerprint density at radius 1 is 1.19 bits per heavy atom. The second-order valence-electron chi connectivity index (χ2n) is 4.56. The number of rotatable bonds is 5. The molecule has 0 saturated heterocycles. The van der Waals surface area contributed by atoms with Gasteiger partial charge in [0.15, 0.2) is 0 Å². The first-order valence-electron chi connectivity index (χ1n) is 6.49. The van der Waals surface area contributed by atoms with Crippen molar-refractivity contribution in [2.24, 2.45) is 0 Å². The molecule has 0 radical (unpaired) electrons. The molecular weight excluding hydrogens is 337 g/mol. The molecule has 2 rings (SSSR count). The standard InChI is InChI=1S/C16H15BrFNO2/c17-8-9-19(11-12-4-2-1-3-5-12)16(21)14-7-6-13(18)10-15(14)20/h1-7,10,20H,8-9,11H2. The van der Waals surface area contributed by atoms with Crippen molar-refractivity contribution < 1.29 is 14.3 Å². The Kier molecular flexibility index (Phi) is 5.33. The third kappa shape index (κ3) is 4.04. The zero-order valence-electron chi connectivity index (χ0n) is 11.3. The summed E-state index contributed by atoms with van der Waals surface area (Å²) >= 11 is 3.32. The molecule has 0 bridgehead atoms. The predicted molar refractivity (Wildman–Crippen MR) is 83.0 cm³/mol. The smallest absolute Gasteiger partial charge is 0.257 e. The van der Waals surface area contributed by atoms with Crippen molar-refractivity contribution in [3.8, 4) is 5.75 Å². The van der Waals surface area contributed by atoms with E-state index in [1.54, 1.807) is 4.90 Å². The van der Waals surface area contributed by atoms with Crippen LogP contribution in [0.15, 0.2) is 48.5 Å². The molecule has 3 nitrogen and oxygen atoms in total. The average molecular weight is 352 g/mol. The maximum Gasteiger partial charge on any atom is 0.257 e. The highest BCUT2D eigenvalue weighted by atomic mass is 79.9. The second-order valence-corrected chi connectivity index (χ2v) is 5.36. The highest BCUT2D eigenvalue weighted by Crippen LogP contribution is 2.21. The van der Waals surface area contributed by atoms with Crippen molar-refractivity contribution in [1.82, 2.24) is 4.90 Å². The van der Waals surface area contributed by atoms with Gasteiger partial charge in [0.05, 0.1) is 5.56 Å². The fraction of sp³-hybridized carbons (Fsp3) is 0.188. The molecule has 2 aromatic carbocycles. The molecule has 0 unspecified atom stereocenters. The number of phenolic OH excluding ortho intramolecular Hbond substituents is 1. The van der Waals surface area contributed by atoms with E-state index in [1.165, 1.54) is 12.1 Å². The lowest BCUT2D eigenvalue weighted by atomic mass is 10.1. The summed E-state index contributed by atoms with van der Waals surface area (Å²) in [4.78, 5) is 14.1. The normalized spacial score (nSPS) is 10.4. The third-order valence-corrected chi connectivity index (χ3v) is 3.40. The third-order valence-electron chi connectivity index (χ3n) is 3.05. The largest absolute Gasteiger partial charge is 0.507 e. The fourth-order valence-electron chi connectivity index (χ4n) is 2.01. The van der Waals surface area contributed by atoms with Crippen molar-refractivity contribution in [2.75, 3.05) is 11.9 Å². The second kappa shape index (κ2) is 7.22. The predicted octanol–water partition coefficient (Wildman–Crippen LogP) is 3.57. The summed E-state index contributed by atoms with van der Waals surface area (Å²) in [6.07, 6.45) is 0. The number of carbonyl (C=O) groups excluding carboxylic acids is 1. The van der Waals surface area contributed by atoms with E-state index in [4.69, 9.17) is 0 Å². The highest BCUT2D eigenvalue weighted by Gasteiger charge is 2.19. The number of hydrogen-bond acceptors (Lipinski definition) is 2. The summed E-state index contributed by atoms with van der Waals surface area (Å²) in [5, 5.41) is 10.4. The summed E-state index contributed by atoms with van der Waals surface area (Å²) in [5.41, 5.74) is 1.10. The van der Waals surface area contributed by atoms with Crippen LogP contribution < -0.4 is 0 Å². The molecule has 0 atom stereocenters. The van der Waals surface area contributed by atoms with Crippen molar-refractivity contribution in [3.63, 3.8) is 0 Å². The fourth-order valence-corrected chi connectivity index (χ4v) is 2.44. The molecule has 1 N–H and O–H groups in total. The number of alkyl halides is 1. The Morgan fingerprint density at radius 3 is 2.52 bits per heavy atom. The van der Waals surface area contributed by atoms with Crippen molar-refractivity contribution in [1.29, 1.82) is 0 Å². The van der Waals surface area contributed by atoms with Crippen molar-refractivity contribution in [2.45, 2.75) is 6.54 Å². The molecule has 0 aliphatic carbocycles. The molecule has 0 aliphatic heterocycles. The Labute approximate surface area is 131 Å². The maximum absolute atomic E-state index is 13.0. The van der Waals surface area contributed by atoms with Gasteiger partial charge < -0.3 is 10.0 Å². The van der Waals surface area contributed by atoms with Gasteiger partial charge in [-0.2, -0.15) is 0 Å². The lowest BCUT2D eigenvalue weighted by Crippen LogP contribution is -2.32. The molecule has 2 aromatic rings. The minimum Gasteiger partial charge on any atom is -0.507 e. The first-order valence-corrected chi connectivity index (χ1v) is 7.61. The molecule has 5 heteroatoms. The van der Waals surface area contributed by atoms with E-state index in [0.29, 0.717) is 18.4 Å². The van der Waals surface area contributed by atoms with Crippen LogP contribution in [0.2, 0.25) is 0 Å². The van der Waals surface area contributed by atoms with Crippen LogP contribution in [0.4, 0.5) is 4.39 Å². The minimum absolute atomic E-state index is 0.105. The molecule has 0 spiro atoms. The van der Waals surface area contributed by atoms with Crippen molar-refractivity contribution in [3.05, 3.63) is 65.5 Å². The van der Waals surface area contributed by atoms with E-state index in [2.05, 4.69) is 15.9 Å². The summed E-state index contributed by atoms with van der Waals surface area (Å²) in [5.74, 6) is -1.23. The molecule has 0 aliphatic rings. The van der Waals surface area contributed by atoms with Crippen LogP contribution in [0.25, 0.3) is 0 Å². The molecule has 0 fully saturated rings. The van der Waals surface area contributed by atoms with Crippen LogP contribution in [-0.4, -0.2) is 27.8 Å². The summed E-state index contributed by atoms with van der Waals surface area (Å²) in [7, 11) is 0.